The van der Waals surface area contributed by atoms with Crippen molar-refractivity contribution in [3.05, 3.63) is 89.5 Å². The van der Waals surface area contributed by atoms with E-state index in [1.165, 1.54) is 17.7 Å². The average molecular weight is 481 g/mol. The highest BCUT2D eigenvalue weighted by atomic mass is 32.2. The van der Waals surface area contributed by atoms with Crippen molar-refractivity contribution < 1.29 is 17.9 Å². The van der Waals surface area contributed by atoms with Gasteiger partial charge in [0.1, 0.15) is 12.3 Å². The smallest absolute Gasteiger partial charge is 0.264 e. The Labute approximate surface area is 202 Å². The van der Waals surface area contributed by atoms with Gasteiger partial charge in [0.25, 0.3) is 10.0 Å². The van der Waals surface area contributed by atoms with Gasteiger partial charge in [0.15, 0.2) is 0 Å². The Morgan fingerprint density at radius 2 is 1.59 bits per heavy atom. The monoisotopic (exact) mass is 480 g/mol. The number of ether oxygens (including phenoxy) is 1. The first-order chi connectivity index (χ1) is 16.4. The van der Waals surface area contributed by atoms with Crippen LogP contribution in [0.4, 0.5) is 5.69 Å². The number of benzene rings is 3. The van der Waals surface area contributed by atoms with Crippen molar-refractivity contribution in [2.45, 2.75) is 45.1 Å². The normalized spacial score (nSPS) is 11.1. The Morgan fingerprint density at radius 1 is 0.882 bits per heavy atom. The lowest BCUT2D eigenvalue weighted by molar-refractivity contribution is -0.119. The van der Waals surface area contributed by atoms with Gasteiger partial charge in [0, 0.05) is 6.54 Å². The molecule has 0 unspecified atom stereocenters. The number of rotatable bonds is 11. The highest BCUT2D eigenvalue weighted by Gasteiger charge is 2.29. The largest absolute Gasteiger partial charge is 0.492 e. The number of carbonyl (C=O) groups is 1. The Bertz CT molecular complexity index is 1210. The number of amides is 1. The third-order valence-electron chi connectivity index (χ3n) is 5.59. The Morgan fingerprint density at radius 3 is 2.26 bits per heavy atom. The molecule has 0 saturated carbocycles. The minimum Gasteiger partial charge on any atom is -0.492 e. The lowest BCUT2D eigenvalue weighted by Gasteiger charge is -2.26. The van der Waals surface area contributed by atoms with Crippen molar-refractivity contribution in [3.63, 3.8) is 0 Å². The van der Waals surface area contributed by atoms with E-state index >= 15 is 0 Å². The van der Waals surface area contributed by atoms with E-state index in [4.69, 9.17) is 4.74 Å². The number of sulfonamides is 1. The van der Waals surface area contributed by atoms with Gasteiger partial charge in [-0.3, -0.25) is 9.10 Å². The number of nitrogens with one attached hydrogen (secondary N) is 1. The molecule has 0 radical (unpaired) electrons. The molecule has 0 atom stereocenters. The van der Waals surface area contributed by atoms with Crippen molar-refractivity contribution in [1.29, 1.82) is 0 Å². The summed E-state index contributed by atoms with van der Waals surface area (Å²) in [5.74, 6) is 0.0102. The molecule has 3 aromatic rings. The molecule has 0 heterocycles. The fourth-order valence-corrected chi connectivity index (χ4v) is 5.20. The second-order valence-electron chi connectivity index (χ2n) is 7.81. The van der Waals surface area contributed by atoms with Gasteiger partial charge in [-0.15, -0.1) is 0 Å². The molecule has 0 aliphatic rings. The van der Waals surface area contributed by atoms with E-state index in [1.54, 1.807) is 42.5 Å². The maximum atomic E-state index is 13.6. The van der Waals surface area contributed by atoms with Crippen LogP contribution in [0.1, 0.15) is 37.5 Å². The van der Waals surface area contributed by atoms with Gasteiger partial charge in [-0.05, 0) is 60.7 Å². The van der Waals surface area contributed by atoms with Crippen molar-refractivity contribution in [1.82, 2.24) is 5.32 Å². The molecule has 0 saturated heterocycles. The van der Waals surface area contributed by atoms with Crippen LogP contribution in [0, 0.1) is 0 Å². The molecule has 0 spiro atoms. The van der Waals surface area contributed by atoms with E-state index in [1.807, 2.05) is 6.92 Å². The van der Waals surface area contributed by atoms with Crippen LogP contribution in [0.25, 0.3) is 0 Å². The molecule has 1 amide bonds. The molecular weight excluding hydrogens is 448 g/mol. The summed E-state index contributed by atoms with van der Waals surface area (Å²) in [4.78, 5) is 13.2. The number of hydrogen-bond acceptors (Lipinski definition) is 4. The topological polar surface area (TPSA) is 75.7 Å². The van der Waals surface area contributed by atoms with Gasteiger partial charge in [-0.1, -0.05) is 62.4 Å². The highest BCUT2D eigenvalue weighted by Crippen LogP contribution is 2.32. The van der Waals surface area contributed by atoms with E-state index in [0.717, 1.165) is 28.3 Å². The number of anilines is 1. The second kappa shape index (κ2) is 11.7. The Balaban J connectivity index is 1.90. The molecule has 0 aliphatic carbocycles. The number of aryl methyl sites for hydroxylation is 2. The molecule has 3 rings (SSSR count). The van der Waals surface area contributed by atoms with E-state index in [-0.39, 0.29) is 11.4 Å². The van der Waals surface area contributed by atoms with Crippen LogP contribution >= 0.6 is 0 Å². The minimum atomic E-state index is -4.00. The summed E-state index contributed by atoms with van der Waals surface area (Å²) in [7, 11) is -4.00. The lowest BCUT2D eigenvalue weighted by atomic mass is 10.0. The SMILES string of the molecule is CCOc1ccccc1N(CC(=O)NCc1cc(CC)ccc1CC)S(=O)(=O)c1ccccc1. The van der Waals surface area contributed by atoms with Gasteiger partial charge >= 0.3 is 0 Å². The average Bonchev–Trinajstić information content (AvgIpc) is 2.87. The maximum Gasteiger partial charge on any atom is 0.264 e. The molecule has 7 heteroatoms. The van der Waals surface area contributed by atoms with E-state index in [2.05, 4.69) is 37.4 Å². The van der Waals surface area contributed by atoms with E-state index < -0.39 is 15.9 Å². The van der Waals surface area contributed by atoms with E-state index in [0.29, 0.717) is 24.6 Å². The summed E-state index contributed by atoms with van der Waals surface area (Å²) < 4.78 is 33.9. The summed E-state index contributed by atoms with van der Waals surface area (Å²) in [5, 5.41) is 2.91. The number of para-hydroxylation sites is 2. The summed E-state index contributed by atoms with van der Waals surface area (Å²) in [6.07, 6.45) is 1.76. The van der Waals surface area contributed by atoms with Gasteiger partial charge in [0.05, 0.1) is 17.2 Å². The van der Waals surface area contributed by atoms with Crippen molar-refractivity contribution >= 4 is 21.6 Å². The first-order valence-electron chi connectivity index (χ1n) is 11.6. The van der Waals surface area contributed by atoms with Crippen molar-refractivity contribution in [2.75, 3.05) is 17.5 Å². The summed E-state index contributed by atoms with van der Waals surface area (Å²) in [6, 6.07) is 21.3. The van der Waals surface area contributed by atoms with Gasteiger partial charge in [-0.25, -0.2) is 8.42 Å². The Kier molecular flexibility index (Phi) is 8.71. The molecule has 0 aliphatic heterocycles. The van der Waals surface area contributed by atoms with Crippen LogP contribution in [-0.4, -0.2) is 27.5 Å². The zero-order valence-corrected chi connectivity index (χ0v) is 20.8. The summed E-state index contributed by atoms with van der Waals surface area (Å²) in [6.45, 7) is 6.33. The number of carbonyl (C=O) groups excluding carboxylic acids is 1. The first kappa shape index (κ1) is 25.3. The van der Waals surface area contributed by atoms with Crippen LogP contribution in [-0.2, 0) is 34.2 Å². The first-order valence-corrected chi connectivity index (χ1v) is 13.0. The van der Waals surface area contributed by atoms with Crippen LogP contribution in [0.5, 0.6) is 5.75 Å². The zero-order valence-electron chi connectivity index (χ0n) is 20.0. The standard InChI is InChI=1S/C27H32N2O4S/c1-4-21-16-17-22(5-2)23(18-21)19-28-27(30)20-29(25-14-10-11-15-26(25)33-6-3)34(31,32)24-12-8-7-9-13-24/h7-18H,4-6,19-20H2,1-3H3,(H,28,30). The zero-order chi connectivity index (χ0) is 24.6. The molecule has 0 aromatic heterocycles. The third-order valence-corrected chi connectivity index (χ3v) is 7.36. The fourth-order valence-electron chi connectivity index (χ4n) is 3.75. The molecular formula is C27H32N2O4S. The molecule has 34 heavy (non-hydrogen) atoms. The summed E-state index contributed by atoms with van der Waals surface area (Å²) >= 11 is 0. The predicted molar refractivity (Wildman–Crippen MR) is 136 cm³/mol. The third kappa shape index (κ3) is 5.97. The van der Waals surface area contributed by atoms with Crippen molar-refractivity contribution in [2.24, 2.45) is 0 Å². The predicted octanol–water partition coefficient (Wildman–Crippen LogP) is 4.72. The maximum absolute atomic E-state index is 13.6. The molecule has 0 fully saturated rings. The highest BCUT2D eigenvalue weighted by molar-refractivity contribution is 7.92. The van der Waals surface area contributed by atoms with Crippen LogP contribution < -0.4 is 14.4 Å². The minimum absolute atomic E-state index is 0.109. The molecule has 6 nitrogen and oxygen atoms in total. The van der Waals surface area contributed by atoms with Crippen molar-refractivity contribution in [3.8, 4) is 5.75 Å². The van der Waals surface area contributed by atoms with E-state index in [9.17, 15) is 13.2 Å². The quantitative estimate of drug-likeness (QED) is 0.431. The molecule has 0 bridgehead atoms. The van der Waals surface area contributed by atoms with Gasteiger partial charge in [0.2, 0.25) is 5.91 Å². The summed E-state index contributed by atoms with van der Waals surface area (Å²) in [5.41, 5.74) is 3.72. The Hall–Kier alpha value is -3.32. The van der Waals surface area contributed by atoms with Gasteiger partial charge < -0.3 is 10.1 Å². The van der Waals surface area contributed by atoms with Crippen LogP contribution in [0.2, 0.25) is 0 Å². The van der Waals surface area contributed by atoms with Crippen LogP contribution in [0.3, 0.4) is 0 Å². The van der Waals surface area contributed by atoms with Gasteiger partial charge in [-0.2, -0.15) is 0 Å². The molecule has 1 N–H and O–H groups in total. The number of hydrogen-bond donors (Lipinski definition) is 1. The fraction of sp³-hybridized carbons (Fsp3) is 0.296. The molecule has 180 valence electrons. The van der Waals surface area contributed by atoms with Crippen LogP contribution in [0.15, 0.2) is 77.7 Å². The molecule has 3 aromatic carbocycles. The number of nitrogens with zero attached hydrogens (tertiary/aromatic N) is 1. The second-order valence-corrected chi connectivity index (χ2v) is 9.67. The lowest BCUT2D eigenvalue weighted by Crippen LogP contribution is -2.41.